The molecule has 35 heavy (non-hydrogen) atoms. The van der Waals surface area contributed by atoms with Crippen molar-refractivity contribution in [3.05, 3.63) is 64.6 Å². The van der Waals surface area contributed by atoms with Crippen molar-refractivity contribution < 1.29 is 17.9 Å². The molecule has 11 heteroatoms. The summed E-state index contributed by atoms with van der Waals surface area (Å²) in [6.45, 7) is 4.33. The Bertz CT molecular complexity index is 1350. The topological polar surface area (TPSA) is 123 Å². The molecule has 1 saturated heterocycles. The summed E-state index contributed by atoms with van der Waals surface area (Å²) in [4.78, 5) is 27.3. The Morgan fingerprint density at radius 3 is 2.46 bits per heavy atom. The van der Waals surface area contributed by atoms with Crippen LogP contribution in [0.3, 0.4) is 0 Å². The van der Waals surface area contributed by atoms with Gasteiger partial charge >= 0.3 is 0 Å². The number of ether oxygens (including phenoxy) is 1. The SMILES string of the molecule is Cn1nc(CC(=O)Nc2ccc(S(=O)(=O)NCCCN3CCOCC3)cc2)c2ccccc2c1=O. The van der Waals surface area contributed by atoms with Crippen LogP contribution in [-0.2, 0) is 33.0 Å². The lowest BCUT2D eigenvalue weighted by Gasteiger charge is -2.26. The van der Waals surface area contributed by atoms with Crippen molar-refractivity contribution in [2.24, 2.45) is 7.05 Å². The molecule has 1 aromatic heterocycles. The van der Waals surface area contributed by atoms with Crippen molar-refractivity contribution in [1.29, 1.82) is 0 Å². The molecule has 1 aliphatic heterocycles. The Balaban J connectivity index is 1.33. The summed E-state index contributed by atoms with van der Waals surface area (Å²) in [7, 11) is -2.09. The number of sulfonamides is 1. The van der Waals surface area contributed by atoms with Gasteiger partial charge in [-0.2, -0.15) is 5.10 Å². The molecule has 2 aromatic carbocycles. The molecule has 0 unspecified atom stereocenters. The molecule has 0 bridgehead atoms. The summed E-state index contributed by atoms with van der Waals surface area (Å²) in [5.41, 5.74) is 0.729. The third kappa shape index (κ3) is 6.31. The zero-order valence-corrected chi connectivity index (χ0v) is 20.4. The number of carbonyl (C=O) groups is 1. The largest absolute Gasteiger partial charge is 0.379 e. The van der Waals surface area contributed by atoms with Gasteiger partial charge in [0, 0.05) is 37.8 Å². The minimum absolute atomic E-state index is 0.0284. The van der Waals surface area contributed by atoms with E-state index < -0.39 is 10.0 Å². The smallest absolute Gasteiger partial charge is 0.274 e. The number of fused-ring (bicyclic) bond motifs is 1. The minimum atomic E-state index is -3.64. The molecule has 186 valence electrons. The monoisotopic (exact) mass is 499 g/mol. The zero-order chi connectivity index (χ0) is 24.8. The van der Waals surface area contributed by atoms with Crippen LogP contribution in [0, 0.1) is 0 Å². The van der Waals surface area contributed by atoms with Gasteiger partial charge in [-0.1, -0.05) is 18.2 Å². The molecule has 1 aliphatic rings. The van der Waals surface area contributed by atoms with E-state index in [4.69, 9.17) is 4.74 Å². The van der Waals surface area contributed by atoms with Gasteiger partial charge in [0.2, 0.25) is 15.9 Å². The van der Waals surface area contributed by atoms with Crippen molar-refractivity contribution in [2.45, 2.75) is 17.7 Å². The molecule has 0 spiro atoms. The van der Waals surface area contributed by atoms with Crippen LogP contribution in [0.5, 0.6) is 0 Å². The maximum atomic E-state index is 12.6. The Morgan fingerprint density at radius 2 is 1.74 bits per heavy atom. The van der Waals surface area contributed by atoms with Gasteiger partial charge in [-0.05, 0) is 43.3 Å². The Kier molecular flexibility index (Phi) is 7.91. The van der Waals surface area contributed by atoms with Crippen LogP contribution < -0.4 is 15.6 Å². The molecule has 0 saturated carbocycles. The lowest BCUT2D eigenvalue weighted by Crippen LogP contribution is -2.38. The number of hydrogen-bond acceptors (Lipinski definition) is 7. The van der Waals surface area contributed by atoms with Gasteiger partial charge in [0.05, 0.1) is 35.6 Å². The molecule has 10 nitrogen and oxygen atoms in total. The van der Waals surface area contributed by atoms with E-state index in [0.717, 1.165) is 19.6 Å². The number of carbonyl (C=O) groups excluding carboxylic acids is 1. The van der Waals surface area contributed by atoms with Crippen LogP contribution >= 0.6 is 0 Å². The maximum Gasteiger partial charge on any atom is 0.274 e. The quantitative estimate of drug-likeness (QED) is 0.423. The van der Waals surface area contributed by atoms with Crippen LogP contribution in [0.2, 0.25) is 0 Å². The highest BCUT2D eigenvalue weighted by Crippen LogP contribution is 2.16. The average Bonchev–Trinajstić information content (AvgIpc) is 2.86. The van der Waals surface area contributed by atoms with Crippen molar-refractivity contribution >= 4 is 32.4 Å². The van der Waals surface area contributed by atoms with Crippen LogP contribution in [0.1, 0.15) is 12.1 Å². The number of aromatic nitrogens is 2. The number of hydrogen-bond donors (Lipinski definition) is 2. The average molecular weight is 500 g/mol. The maximum absolute atomic E-state index is 12.6. The summed E-state index contributed by atoms with van der Waals surface area (Å²) >= 11 is 0. The molecular formula is C24H29N5O5S. The highest BCUT2D eigenvalue weighted by Gasteiger charge is 2.16. The lowest BCUT2D eigenvalue weighted by atomic mass is 10.1. The normalized spacial score (nSPS) is 14.8. The van der Waals surface area contributed by atoms with Crippen LogP contribution in [0.4, 0.5) is 5.69 Å². The molecule has 0 atom stereocenters. The van der Waals surface area contributed by atoms with Gasteiger partial charge < -0.3 is 10.1 Å². The van der Waals surface area contributed by atoms with Crippen molar-refractivity contribution in [1.82, 2.24) is 19.4 Å². The predicted molar refractivity (Wildman–Crippen MR) is 133 cm³/mol. The molecule has 1 fully saturated rings. The molecule has 4 rings (SSSR count). The number of nitrogens with zero attached hydrogens (tertiary/aromatic N) is 3. The van der Waals surface area contributed by atoms with E-state index in [2.05, 4.69) is 20.0 Å². The number of morpholine rings is 1. The number of rotatable bonds is 9. The number of benzene rings is 2. The third-order valence-electron chi connectivity index (χ3n) is 5.86. The van der Waals surface area contributed by atoms with Gasteiger partial charge in [-0.15, -0.1) is 0 Å². The Morgan fingerprint density at radius 1 is 1.06 bits per heavy atom. The van der Waals surface area contributed by atoms with E-state index in [-0.39, 0.29) is 22.8 Å². The molecular weight excluding hydrogens is 470 g/mol. The van der Waals surface area contributed by atoms with E-state index in [1.165, 1.54) is 16.8 Å². The van der Waals surface area contributed by atoms with Crippen molar-refractivity contribution in [3.63, 3.8) is 0 Å². The van der Waals surface area contributed by atoms with E-state index in [0.29, 0.717) is 48.3 Å². The van der Waals surface area contributed by atoms with Gasteiger partial charge in [-0.3, -0.25) is 14.5 Å². The summed E-state index contributed by atoms with van der Waals surface area (Å²) in [6, 6.07) is 13.0. The number of aryl methyl sites for hydroxylation is 1. The fraction of sp³-hybridized carbons (Fsp3) is 0.375. The fourth-order valence-electron chi connectivity index (χ4n) is 4.00. The number of nitrogens with one attached hydrogen (secondary N) is 2. The second-order valence-corrected chi connectivity index (χ2v) is 10.1. The Hall–Kier alpha value is -3.12. The summed E-state index contributed by atoms with van der Waals surface area (Å²) in [5, 5.41) is 8.13. The van der Waals surface area contributed by atoms with Gasteiger partial charge in [0.15, 0.2) is 0 Å². The second-order valence-electron chi connectivity index (χ2n) is 8.38. The van der Waals surface area contributed by atoms with Crippen molar-refractivity contribution in [3.8, 4) is 0 Å². The first-order chi connectivity index (χ1) is 16.8. The van der Waals surface area contributed by atoms with E-state index in [1.807, 2.05) is 0 Å². The van der Waals surface area contributed by atoms with Gasteiger partial charge in [0.1, 0.15) is 0 Å². The van der Waals surface area contributed by atoms with Gasteiger partial charge in [-0.25, -0.2) is 17.8 Å². The third-order valence-corrected chi connectivity index (χ3v) is 7.33. The predicted octanol–water partition coefficient (Wildman–Crippen LogP) is 1.12. The molecule has 0 aliphatic carbocycles. The summed E-state index contributed by atoms with van der Waals surface area (Å²) < 4.78 is 34.3. The van der Waals surface area contributed by atoms with E-state index in [1.54, 1.807) is 43.4 Å². The van der Waals surface area contributed by atoms with Crippen molar-refractivity contribution in [2.75, 3.05) is 44.7 Å². The first-order valence-electron chi connectivity index (χ1n) is 11.5. The molecule has 2 heterocycles. The highest BCUT2D eigenvalue weighted by atomic mass is 32.2. The van der Waals surface area contributed by atoms with E-state index >= 15 is 0 Å². The molecule has 2 N–H and O–H groups in total. The summed E-state index contributed by atoms with van der Waals surface area (Å²) in [6.07, 6.45) is 0.681. The van der Waals surface area contributed by atoms with Gasteiger partial charge in [0.25, 0.3) is 5.56 Å². The van der Waals surface area contributed by atoms with Crippen LogP contribution in [-0.4, -0.2) is 68.4 Å². The molecule has 0 radical (unpaired) electrons. The molecule has 3 aromatic rings. The number of anilines is 1. The van der Waals surface area contributed by atoms with E-state index in [9.17, 15) is 18.0 Å². The standard InChI is InChI=1S/C24H29N5O5S/c1-28-24(31)21-6-3-2-5-20(21)22(27-28)17-23(30)26-18-7-9-19(10-8-18)35(32,33)25-11-4-12-29-13-15-34-16-14-29/h2-3,5-10,25H,4,11-17H2,1H3,(H,26,30). The first-order valence-corrected chi connectivity index (χ1v) is 13.0. The second kappa shape index (κ2) is 11.1. The summed E-state index contributed by atoms with van der Waals surface area (Å²) in [5.74, 6) is -0.321. The molecule has 1 amide bonds. The zero-order valence-electron chi connectivity index (χ0n) is 19.6. The Labute approximate surface area is 203 Å². The fourth-order valence-corrected chi connectivity index (χ4v) is 5.07. The number of amides is 1. The first kappa shape index (κ1) is 25.0. The minimum Gasteiger partial charge on any atom is -0.379 e. The highest BCUT2D eigenvalue weighted by molar-refractivity contribution is 7.89. The van der Waals surface area contributed by atoms with Crippen LogP contribution in [0.15, 0.2) is 58.2 Å². The van der Waals surface area contributed by atoms with Crippen LogP contribution in [0.25, 0.3) is 10.8 Å². The lowest BCUT2D eigenvalue weighted by molar-refractivity contribution is -0.115.